The largest absolute Gasteiger partial charge is 0.335 e. The third kappa shape index (κ3) is 2.86. The molecule has 2 heterocycles. The van der Waals surface area contributed by atoms with Gasteiger partial charge >= 0.3 is 0 Å². The minimum atomic E-state index is 0.347. The van der Waals surface area contributed by atoms with Crippen molar-refractivity contribution in [1.29, 1.82) is 0 Å². The molecule has 0 fully saturated rings. The summed E-state index contributed by atoms with van der Waals surface area (Å²) in [6.07, 6.45) is 3.11. The first-order valence-corrected chi connectivity index (χ1v) is 6.30. The molecule has 7 nitrogen and oxygen atoms in total. The van der Waals surface area contributed by atoms with E-state index in [1.54, 1.807) is 6.20 Å². The molecule has 0 bridgehead atoms. The number of hydrogen-bond donors (Lipinski definition) is 2. The van der Waals surface area contributed by atoms with Crippen molar-refractivity contribution in [3.8, 4) is 0 Å². The maximum atomic E-state index is 5.65. The van der Waals surface area contributed by atoms with Crippen LogP contribution in [0.4, 0.5) is 5.95 Å². The van der Waals surface area contributed by atoms with Crippen LogP contribution in [0.5, 0.6) is 0 Å². The van der Waals surface area contributed by atoms with Gasteiger partial charge in [0, 0.05) is 11.8 Å². The highest BCUT2D eigenvalue weighted by Gasteiger charge is 2.08. The molecule has 3 rings (SSSR count). The molecular weight excluding hydrogens is 266 g/mol. The summed E-state index contributed by atoms with van der Waals surface area (Å²) in [6, 6.07) is 15.4. The van der Waals surface area contributed by atoms with Crippen molar-refractivity contribution in [2.75, 3.05) is 11.3 Å². The van der Waals surface area contributed by atoms with Crippen molar-refractivity contribution >= 4 is 11.7 Å². The standard InChI is InChI=1S/C14H13N7/c15-21-10-17-19-14(21)20-18-13(11-6-2-1-3-7-11)12-8-4-5-9-16-12/h1-10H,15H2,(H,19,20)/b18-13+. The molecule has 3 aromatic rings. The van der Waals surface area contributed by atoms with Crippen LogP contribution in [0, 0.1) is 0 Å². The Labute approximate surface area is 121 Å². The quantitative estimate of drug-likeness (QED) is 0.426. The summed E-state index contributed by atoms with van der Waals surface area (Å²) in [6.45, 7) is 0. The van der Waals surface area contributed by atoms with Gasteiger partial charge in [0.25, 0.3) is 5.95 Å². The number of benzene rings is 1. The molecule has 0 saturated heterocycles. The third-order valence-electron chi connectivity index (χ3n) is 2.80. The highest BCUT2D eigenvalue weighted by atomic mass is 15.5. The first kappa shape index (κ1) is 12.8. The van der Waals surface area contributed by atoms with Gasteiger partial charge in [-0.2, -0.15) is 5.10 Å². The summed E-state index contributed by atoms with van der Waals surface area (Å²) < 4.78 is 1.25. The molecular formula is C14H13N7. The van der Waals surface area contributed by atoms with Crippen molar-refractivity contribution in [1.82, 2.24) is 19.9 Å². The lowest BCUT2D eigenvalue weighted by Gasteiger charge is -2.06. The van der Waals surface area contributed by atoms with E-state index in [0.717, 1.165) is 11.3 Å². The van der Waals surface area contributed by atoms with Crippen molar-refractivity contribution in [2.24, 2.45) is 5.10 Å². The maximum Gasteiger partial charge on any atom is 0.263 e. The molecule has 0 aliphatic rings. The molecule has 0 spiro atoms. The van der Waals surface area contributed by atoms with Crippen molar-refractivity contribution < 1.29 is 0 Å². The lowest BCUT2D eigenvalue weighted by Crippen LogP contribution is -2.13. The zero-order chi connectivity index (χ0) is 14.5. The van der Waals surface area contributed by atoms with E-state index < -0.39 is 0 Å². The average Bonchev–Trinajstić information content (AvgIpc) is 2.95. The normalized spacial score (nSPS) is 11.3. The van der Waals surface area contributed by atoms with Crippen LogP contribution in [0.1, 0.15) is 11.3 Å². The molecule has 104 valence electrons. The van der Waals surface area contributed by atoms with E-state index in [-0.39, 0.29) is 0 Å². The Morgan fingerprint density at radius 1 is 1.10 bits per heavy atom. The van der Waals surface area contributed by atoms with E-state index in [4.69, 9.17) is 5.84 Å². The van der Waals surface area contributed by atoms with E-state index in [1.165, 1.54) is 11.0 Å². The number of rotatable bonds is 4. The predicted molar refractivity (Wildman–Crippen MR) is 80.1 cm³/mol. The predicted octanol–water partition coefficient (Wildman–Crippen LogP) is 1.25. The van der Waals surface area contributed by atoms with E-state index in [1.807, 2.05) is 48.5 Å². The van der Waals surface area contributed by atoms with Gasteiger partial charge in [-0.15, -0.1) is 10.2 Å². The summed E-state index contributed by atoms with van der Waals surface area (Å²) in [5.41, 5.74) is 5.18. The van der Waals surface area contributed by atoms with Crippen LogP contribution in [-0.2, 0) is 0 Å². The number of aromatic nitrogens is 4. The molecule has 1 aromatic carbocycles. The smallest absolute Gasteiger partial charge is 0.263 e. The molecule has 21 heavy (non-hydrogen) atoms. The van der Waals surface area contributed by atoms with Crippen LogP contribution >= 0.6 is 0 Å². The Morgan fingerprint density at radius 3 is 2.57 bits per heavy atom. The fourth-order valence-electron chi connectivity index (χ4n) is 1.80. The fraction of sp³-hybridized carbons (Fsp3) is 0. The first-order valence-electron chi connectivity index (χ1n) is 6.30. The number of hydrazone groups is 1. The van der Waals surface area contributed by atoms with E-state index in [2.05, 4.69) is 25.7 Å². The second-order valence-electron chi connectivity index (χ2n) is 4.22. The average molecular weight is 279 g/mol. The van der Waals surface area contributed by atoms with Gasteiger partial charge in [0.05, 0.1) is 5.69 Å². The van der Waals surface area contributed by atoms with Gasteiger partial charge in [-0.1, -0.05) is 36.4 Å². The molecule has 0 atom stereocenters. The Bertz CT molecular complexity index is 693. The number of nitrogen functional groups attached to an aromatic ring is 1. The molecule has 2 aromatic heterocycles. The summed E-state index contributed by atoms with van der Waals surface area (Å²) in [4.78, 5) is 4.33. The Balaban J connectivity index is 1.99. The highest BCUT2D eigenvalue weighted by molar-refractivity contribution is 6.11. The molecule has 7 heteroatoms. The molecule has 3 N–H and O–H groups in total. The summed E-state index contributed by atoms with van der Waals surface area (Å²) in [5, 5.41) is 11.9. The molecule has 0 aliphatic heterocycles. The van der Waals surface area contributed by atoms with Crippen LogP contribution in [0.15, 0.2) is 66.2 Å². The van der Waals surface area contributed by atoms with Gasteiger partial charge in [-0.05, 0) is 12.1 Å². The van der Waals surface area contributed by atoms with Crippen LogP contribution in [-0.4, -0.2) is 25.6 Å². The minimum Gasteiger partial charge on any atom is -0.335 e. The lowest BCUT2D eigenvalue weighted by atomic mass is 10.1. The first-order chi connectivity index (χ1) is 10.3. The maximum absolute atomic E-state index is 5.65. The summed E-state index contributed by atoms with van der Waals surface area (Å²) >= 11 is 0. The van der Waals surface area contributed by atoms with Crippen LogP contribution in [0.2, 0.25) is 0 Å². The molecule has 0 aliphatic carbocycles. The summed E-state index contributed by atoms with van der Waals surface area (Å²) in [7, 11) is 0. The van der Waals surface area contributed by atoms with Crippen LogP contribution in [0.3, 0.4) is 0 Å². The van der Waals surface area contributed by atoms with Crippen molar-refractivity contribution in [3.63, 3.8) is 0 Å². The van der Waals surface area contributed by atoms with E-state index in [9.17, 15) is 0 Å². The van der Waals surface area contributed by atoms with Crippen molar-refractivity contribution in [2.45, 2.75) is 0 Å². The van der Waals surface area contributed by atoms with Crippen LogP contribution < -0.4 is 11.3 Å². The zero-order valence-electron chi connectivity index (χ0n) is 11.1. The third-order valence-corrected chi connectivity index (χ3v) is 2.80. The number of nitrogens with one attached hydrogen (secondary N) is 1. The topological polar surface area (TPSA) is 94.0 Å². The summed E-state index contributed by atoms with van der Waals surface area (Å²) in [5.74, 6) is 6.00. The van der Waals surface area contributed by atoms with Gasteiger partial charge in [0.1, 0.15) is 12.0 Å². The molecule has 0 unspecified atom stereocenters. The van der Waals surface area contributed by atoms with Gasteiger partial charge in [0.15, 0.2) is 0 Å². The minimum absolute atomic E-state index is 0.347. The molecule has 0 saturated carbocycles. The molecule has 0 amide bonds. The highest BCUT2D eigenvalue weighted by Crippen LogP contribution is 2.09. The number of anilines is 1. The monoisotopic (exact) mass is 279 g/mol. The SMILES string of the molecule is Nn1cnnc1N/N=C(\c1ccccc1)c1ccccn1. The Hall–Kier alpha value is -3.22. The fourth-order valence-corrected chi connectivity index (χ4v) is 1.80. The van der Waals surface area contributed by atoms with Gasteiger partial charge in [-0.25, -0.2) is 10.1 Å². The number of pyridine rings is 1. The number of nitrogens with two attached hydrogens (primary N) is 1. The Morgan fingerprint density at radius 2 is 1.90 bits per heavy atom. The van der Waals surface area contributed by atoms with Crippen LogP contribution in [0.25, 0.3) is 0 Å². The van der Waals surface area contributed by atoms with E-state index >= 15 is 0 Å². The second-order valence-corrected chi connectivity index (χ2v) is 4.22. The van der Waals surface area contributed by atoms with Gasteiger partial charge < -0.3 is 5.84 Å². The second kappa shape index (κ2) is 5.83. The van der Waals surface area contributed by atoms with Gasteiger partial charge in [0.2, 0.25) is 0 Å². The number of nitrogens with zero attached hydrogens (tertiary/aromatic N) is 5. The molecule has 0 radical (unpaired) electrons. The lowest BCUT2D eigenvalue weighted by molar-refractivity contribution is 0.987. The Kier molecular flexibility index (Phi) is 3.55. The zero-order valence-corrected chi connectivity index (χ0v) is 11.1. The number of hydrogen-bond acceptors (Lipinski definition) is 6. The van der Waals surface area contributed by atoms with Gasteiger partial charge in [-0.3, -0.25) is 4.98 Å². The van der Waals surface area contributed by atoms with Crippen molar-refractivity contribution in [3.05, 3.63) is 72.3 Å². The van der Waals surface area contributed by atoms with E-state index in [0.29, 0.717) is 11.7 Å².